The van der Waals surface area contributed by atoms with Crippen molar-refractivity contribution in [3.05, 3.63) is 46.4 Å². The number of rotatable bonds is 1. The smallest absolute Gasteiger partial charge is 0.271 e. The van der Waals surface area contributed by atoms with Crippen LogP contribution in [0.15, 0.2) is 35.3 Å². The Kier molecular flexibility index (Phi) is 1.77. The summed E-state index contributed by atoms with van der Waals surface area (Å²) in [7, 11) is 0. The number of aromatic amines is 2. The van der Waals surface area contributed by atoms with E-state index in [0.29, 0.717) is 5.56 Å². The monoisotopic (exact) mass is 174 g/mol. The average molecular weight is 174 g/mol. The van der Waals surface area contributed by atoms with E-state index in [4.69, 9.17) is 0 Å². The fourth-order valence-corrected chi connectivity index (χ4v) is 1.38. The Bertz CT molecular complexity index is 468. The Morgan fingerprint density at radius 1 is 1.15 bits per heavy atom. The SMILES string of the molecule is Cc1ccccc1-c1c[nH][nH]c1=O. The van der Waals surface area contributed by atoms with E-state index in [1.165, 1.54) is 0 Å². The van der Waals surface area contributed by atoms with Crippen molar-refractivity contribution in [1.29, 1.82) is 0 Å². The zero-order valence-electron chi connectivity index (χ0n) is 7.29. The minimum Gasteiger partial charge on any atom is -0.305 e. The molecule has 1 heterocycles. The van der Waals surface area contributed by atoms with E-state index in [1.54, 1.807) is 6.20 Å². The summed E-state index contributed by atoms with van der Waals surface area (Å²) >= 11 is 0. The minimum absolute atomic E-state index is 0.0747. The van der Waals surface area contributed by atoms with Crippen molar-refractivity contribution in [3.8, 4) is 11.1 Å². The first kappa shape index (κ1) is 7.86. The minimum atomic E-state index is -0.0747. The molecule has 0 aliphatic carbocycles. The van der Waals surface area contributed by atoms with E-state index in [2.05, 4.69) is 10.2 Å². The molecule has 13 heavy (non-hydrogen) atoms. The maximum Gasteiger partial charge on any atom is 0.271 e. The molecule has 3 nitrogen and oxygen atoms in total. The molecule has 0 atom stereocenters. The molecule has 0 aliphatic rings. The van der Waals surface area contributed by atoms with Crippen LogP contribution >= 0.6 is 0 Å². The maximum absolute atomic E-state index is 11.3. The molecule has 0 spiro atoms. The van der Waals surface area contributed by atoms with E-state index in [9.17, 15) is 4.79 Å². The number of hydrogen-bond acceptors (Lipinski definition) is 1. The van der Waals surface area contributed by atoms with Gasteiger partial charge >= 0.3 is 0 Å². The molecule has 1 aromatic carbocycles. The zero-order valence-corrected chi connectivity index (χ0v) is 7.29. The second-order valence-electron chi connectivity index (χ2n) is 2.97. The molecule has 2 N–H and O–H groups in total. The third-order valence-electron chi connectivity index (χ3n) is 2.08. The highest BCUT2D eigenvalue weighted by Crippen LogP contribution is 2.18. The predicted molar refractivity (Wildman–Crippen MR) is 51.6 cm³/mol. The van der Waals surface area contributed by atoms with Gasteiger partial charge in [0.15, 0.2) is 0 Å². The van der Waals surface area contributed by atoms with Crippen molar-refractivity contribution >= 4 is 0 Å². The van der Waals surface area contributed by atoms with Crippen LogP contribution in [0.4, 0.5) is 0 Å². The van der Waals surface area contributed by atoms with E-state index >= 15 is 0 Å². The highest BCUT2D eigenvalue weighted by atomic mass is 16.1. The van der Waals surface area contributed by atoms with E-state index in [0.717, 1.165) is 11.1 Å². The van der Waals surface area contributed by atoms with Gasteiger partial charge in [-0.15, -0.1) is 0 Å². The van der Waals surface area contributed by atoms with Crippen LogP contribution in [-0.2, 0) is 0 Å². The van der Waals surface area contributed by atoms with Crippen LogP contribution in [0.25, 0.3) is 11.1 Å². The normalized spacial score (nSPS) is 10.2. The topological polar surface area (TPSA) is 48.6 Å². The van der Waals surface area contributed by atoms with Crippen LogP contribution in [0.1, 0.15) is 5.56 Å². The molecular weight excluding hydrogens is 164 g/mol. The molecular formula is C10H10N2O. The lowest BCUT2D eigenvalue weighted by molar-refractivity contribution is 1.06. The van der Waals surface area contributed by atoms with Gasteiger partial charge in [-0.3, -0.25) is 9.89 Å². The summed E-state index contributed by atoms with van der Waals surface area (Å²) in [5.41, 5.74) is 2.70. The quantitative estimate of drug-likeness (QED) is 0.678. The molecule has 0 aliphatic heterocycles. The molecule has 0 radical (unpaired) electrons. The molecule has 2 rings (SSSR count). The molecule has 0 bridgehead atoms. The number of nitrogens with one attached hydrogen (secondary N) is 2. The summed E-state index contributed by atoms with van der Waals surface area (Å²) in [6, 6.07) is 7.81. The number of aryl methyl sites for hydroxylation is 1. The second kappa shape index (κ2) is 2.94. The third kappa shape index (κ3) is 1.28. The van der Waals surface area contributed by atoms with Crippen LogP contribution in [0.5, 0.6) is 0 Å². The molecule has 2 aromatic rings. The molecule has 0 saturated carbocycles. The summed E-state index contributed by atoms with van der Waals surface area (Å²) in [5.74, 6) is 0. The summed E-state index contributed by atoms with van der Waals surface area (Å²) in [4.78, 5) is 11.3. The second-order valence-corrected chi connectivity index (χ2v) is 2.97. The number of H-pyrrole nitrogens is 2. The average Bonchev–Trinajstić information content (AvgIpc) is 2.52. The number of aromatic nitrogens is 2. The summed E-state index contributed by atoms with van der Waals surface area (Å²) in [6.07, 6.45) is 1.69. The molecule has 0 unspecified atom stereocenters. The lowest BCUT2D eigenvalue weighted by Crippen LogP contribution is -2.01. The first-order chi connectivity index (χ1) is 6.29. The van der Waals surface area contributed by atoms with Crippen LogP contribution in [0.2, 0.25) is 0 Å². The van der Waals surface area contributed by atoms with Gasteiger partial charge in [0.2, 0.25) is 0 Å². The Morgan fingerprint density at radius 2 is 1.92 bits per heavy atom. The van der Waals surface area contributed by atoms with Gasteiger partial charge in [0, 0.05) is 6.20 Å². The third-order valence-corrected chi connectivity index (χ3v) is 2.08. The van der Waals surface area contributed by atoms with Crippen molar-refractivity contribution in [2.75, 3.05) is 0 Å². The molecule has 1 aromatic heterocycles. The summed E-state index contributed by atoms with van der Waals surface area (Å²) < 4.78 is 0. The molecule has 3 heteroatoms. The number of hydrogen-bond donors (Lipinski definition) is 2. The van der Waals surface area contributed by atoms with Gasteiger partial charge < -0.3 is 5.10 Å². The number of benzene rings is 1. The largest absolute Gasteiger partial charge is 0.305 e. The lowest BCUT2D eigenvalue weighted by Gasteiger charge is -1.99. The van der Waals surface area contributed by atoms with Gasteiger partial charge in [-0.2, -0.15) is 0 Å². The van der Waals surface area contributed by atoms with Gasteiger partial charge in [-0.25, -0.2) is 0 Å². The van der Waals surface area contributed by atoms with Crippen LogP contribution in [0.3, 0.4) is 0 Å². The molecule has 0 saturated heterocycles. The van der Waals surface area contributed by atoms with Gasteiger partial charge in [0.25, 0.3) is 5.56 Å². The Hall–Kier alpha value is -1.77. The highest BCUT2D eigenvalue weighted by Gasteiger charge is 2.04. The Morgan fingerprint density at radius 3 is 2.54 bits per heavy atom. The lowest BCUT2D eigenvalue weighted by atomic mass is 10.0. The van der Waals surface area contributed by atoms with Crippen molar-refractivity contribution in [2.45, 2.75) is 6.92 Å². The predicted octanol–water partition coefficient (Wildman–Crippen LogP) is 1.68. The first-order valence-electron chi connectivity index (χ1n) is 4.11. The van der Waals surface area contributed by atoms with Gasteiger partial charge in [0.05, 0.1) is 5.56 Å². The Balaban J connectivity index is 2.66. The summed E-state index contributed by atoms with van der Waals surface area (Å²) in [5, 5.41) is 5.20. The molecule has 66 valence electrons. The van der Waals surface area contributed by atoms with Gasteiger partial charge in [-0.1, -0.05) is 24.3 Å². The van der Waals surface area contributed by atoms with Crippen LogP contribution in [0, 0.1) is 6.92 Å². The van der Waals surface area contributed by atoms with Crippen molar-refractivity contribution < 1.29 is 0 Å². The van der Waals surface area contributed by atoms with E-state index < -0.39 is 0 Å². The van der Waals surface area contributed by atoms with Gasteiger partial charge in [-0.05, 0) is 18.1 Å². The Labute approximate surface area is 75.4 Å². The van der Waals surface area contributed by atoms with E-state index in [-0.39, 0.29) is 5.56 Å². The maximum atomic E-state index is 11.3. The van der Waals surface area contributed by atoms with Crippen molar-refractivity contribution in [1.82, 2.24) is 10.2 Å². The van der Waals surface area contributed by atoms with Gasteiger partial charge in [0.1, 0.15) is 0 Å². The first-order valence-corrected chi connectivity index (χ1v) is 4.11. The zero-order chi connectivity index (χ0) is 9.26. The van der Waals surface area contributed by atoms with Crippen molar-refractivity contribution in [2.24, 2.45) is 0 Å². The standard InChI is InChI=1S/C10H10N2O/c1-7-4-2-3-5-8(7)9-6-11-12-10(9)13/h2-6H,1H3,(H2,11,12,13). The summed E-state index contributed by atoms with van der Waals surface area (Å²) in [6.45, 7) is 1.99. The molecule has 0 fully saturated rings. The molecule has 0 amide bonds. The van der Waals surface area contributed by atoms with Crippen LogP contribution < -0.4 is 5.56 Å². The fraction of sp³-hybridized carbons (Fsp3) is 0.100. The van der Waals surface area contributed by atoms with E-state index in [1.807, 2.05) is 31.2 Å². The van der Waals surface area contributed by atoms with Crippen LogP contribution in [-0.4, -0.2) is 10.2 Å². The van der Waals surface area contributed by atoms with Crippen molar-refractivity contribution in [3.63, 3.8) is 0 Å². The fourth-order valence-electron chi connectivity index (χ4n) is 1.38. The highest BCUT2D eigenvalue weighted by molar-refractivity contribution is 5.65.